The smallest absolute Gasteiger partial charge is 0.248 e. The third kappa shape index (κ3) is 2.72. The molecule has 104 valence electrons. The molecule has 1 atom stereocenters. The molecule has 1 unspecified atom stereocenters. The van der Waals surface area contributed by atoms with Gasteiger partial charge in [-0.3, -0.25) is 4.79 Å². The van der Waals surface area contributed by atoms with Crippen LogP contribution >= 0.6 is 0 Å². The zero-order valence-electron chi connectivity index (χ0n) is 11.7. The zero-order chi connectivity index (χ0) is 14.2. The summed E-state index contributed by atoms with van der Waals surface area (Å²) < 4.78 is 13.8. The lowest BCUT2D eigenvalue weighted by molar-refractivity contribution is 0.1000. The molecular formula is C15H21FN2O. The van der Waals surface area contributed by atoms with Crippen LogP contribution < -0.4 is 11.1 Å². The summed E-state index contributed by atoms with van der Waals surface area (Å²) in [4.78, 5) is 11.2. The van der Waals surface area contributed by atoms with E-state index in [4.69, 9.17) is 5.73 Å². The molecule has 1 saturated carbocycles. The van der Waals surface area contributed by atoms with Crippen LogP contribution in [0.1, 0.15) is 49.0 Å². The number of rotatable bonds is 3. The minimum Gasteiger partial charge on any atom is -0.381 e. The van der Waals surface area contributed by atoms with E-state index in [1.54, 1.807) is 13.0 Å². The molecule has 3 nitrogen and oxygen atoms in total. The molecule has 1 aromatic rings. The van der Waals surface area contributed by atoms with Crippen molar-refractivity contribution in [1.82, 2.24) is 0 Å². The highest BCUT2D eigenvalue weighted by molar-refractivity contribution is 5.94. The number of anilines is 1. The Labute approximate surface area is 113 Å². The second-order valence-corrected chi connectivity index (χ2v) is 6.07. The molecule has 1 fully saturated rings. The second kappa shape index (κ2) is 4.83. The van der Waals surface area contributed by atoms with Crippen LogP contribution in [-0.2, 0) is 0 Å². The summed E-state index contributed by atoms with van der Waals surface area (Å²) in [5, 5.41) is 3.39. The van der Waals surface area contributed by atoms with Crippen LogP contribution in [-0.4, -0.2) is 11.9 Å². The van der Waals surface area contributed by atoms with Gasteiger partial charge in [-0.05, 0) is 37.3 Å². The second-order valence-electron chi connectivity index (χ2n) is 6.07. The highest BCUT2D eigenvalue weighted by Crippen LogP contribution is 2.39. The quantitative estimate of drug-likeness (QED) is 0.880. The first kappa shape index (κ1) is 13.8. The summed E-state index contributed by atoms with van der Waals surface area (Å²) in [6.07, 6.45) is 3.39. The van der Waals surface area contributed by atoms with Crippen molar-refractivity contribution in [2.75, 3.05) is 5.32 Å². The fourth-order valence-electron chi connectivity index (χ4n) is 2.75. The van der Waals surface area contributed by atoms with E-state index in [0.29, 0.717) is 17.3 Å². The van der Waals surface area contributed by atoms with Crippen LogP contribution in [0.5, 0.6) is 0 Å². The number of hydrogen-bond donors (Lipinski definition) is 2. The Balaban J connectivity index is 2.32. The van der Waals surface area contributed by atoms with E-state index in [0.717, 1.165) is 12.8 Å². The first-order chi connectivity index (χ1) is 8.81. The third-order valence-corrected chi connectivity index (χ3v) is 4.22. The van der Waals surface area contributed by atoms with Crippen molar-refractivity contribution in [3.63, 3.8) is 0 Å². The molecule has 2 rings (SSSR count). The van der Waals surface area contributed by atoms with Crippen molar-refractivity contribution in [3.8, 4) is 0 Å². The largest absolute Gasteiger partial charge is 0.381 e. The number of hydrogen-bond acceptors (Lipinski definition) is 2. The van der Waals surface area contributed by atoms with Crippen LogP contribution in [0.4, 0.5) is 10.1 Å². The van der Waals surface area contributed by atoms with Crippen molar-refractivity contribution in [2.45, 2.75) is 46.1 Å². The number of primary amides is 1. The maximum absolute atomic E-state index is 13.8. The van der Waals surface area contributed by atoms with E-state index < -0.39 is 11.7 Å². The Bertz CT molecular complexity index is 511. The fraction of sp³-hybridized carbons (Fsp3) is 0.533. The molecule has 0 radical (unpaired) electrons. The third-order valence-electron chi connectivity index (χ3n) is 4.22. The van der Waals surface area contributed by atoms with Gasteiger partial charge in [0.1, 0.15) is 5.82 Å². The van der Waals surface area contributed by atoms with Crippen LogP contribution in [0.15, 0.2) is 12.1 Å². The minimum absolute atomic E-state index is 0.186. The lowest BCUT2D eigenvalue weighted by Gasteiger charge is -2.29. The predicted octanol–water partition coefficient (Wildman–Crippen LogP) is 3.22. The first-order valence-electron chi connectivity index (χ1n) is 6.68. The summed E-state index contributed by atoms with van der Waals surface area (Å²) in [6, 6.07) is 3.14. The molecule has 4 heteroatoms. The van der Waals surface area contributed by atoms with Crippen molar-refractivity contribution >= 4 is 11.6 Å². The molecule has 1 aliphatic carbocycles. The van der Waals surface area contributed by atoms with Gasteiger partial charge in [-0.1, -0.05) is 20.3 Å². The van der Waals surface area contributed by atoms with Gasteiger partial charge in [0.15, 0.2) is 0 Å². The maximum atomic E-state index is 13.8. The highest BCUT2D eigenvalue weighted by Gasteiger charge is 2.34. The molecule has 1 aliphatic rings. The number of halogens is 1. The van der Waals surface area contributed by atoms with Gasteiger partial charge in [-0.15, -0.1) is 0 Å². The Morgan fingerprint density at radius 2 is 2.16 bits per heavy atom. The molecule has 0 spiro atoms. The van der Waals surface area contributed by atoms with Gasteiger partial charge in [-0.25, -0.2) is 4.39 Å². The minimum atomic E-state index is -0.604. The van der Waals surface area contributed by atoms with Gasteiger partial charge in [0, 0.05) is 22.9 Å². The van der Waals surface area contributed by atoms with Crippen LogP contribution in [0.2, 0.25) is 0 Å². The van der Waals surface area contributed by atoms with E-state index in [-0.39, 0.29) is 11.0 Å². The van der Waals surface area contributed by atoms with Crippen molar-refractivity contribution < 1.29 is 9.18 Å². The zero-order valence-corrected chi connectivity index (χ0v) is 11.7. The molecule has 0 aromatic heterocycles. The van der Waals surface area contributed by atoms with E-state index in [2.05, 4.69) is 19.2 Å². The van der Waals surface area contributed by atoms with Crippen molar-refractivity contribution in [1.29, 1.82) is 0 Å². The molecule has 3 N–H and O–H groups in total. The normalized spacial score (nSPS) is 21.4. The number of nitrogens with one attached hydrogen (secondary N) is 1. The van der Waals surface area contributed by atoms with Gasteiger partial charge in [0.05, 0.1) is 0 Å². The summed E-state index contributed by atoms with van der Waals surface area (Å²) >= 11 is 0. The molecule has 0 saturated heterocycles. The summed E-state index contributed by atoms with van der Waals surface area (Å²) in [6.45, 7) is 6.13. The standard InChI is InChI=1S/C15H21FN2O/c1-9-11(16)7-10(14(17)19)8-12(9)18-13-5-4-6-15(13,2)3/h7-8,13,18H,4-6H2,1-3H3,(H2,17,19). The lowest BCUT2D eigenvalue weighted by atomic mass is 9.87. The number of amides is 1. The molecular weight excluding hydrogens is 243 g/mol. The van der Waals surface area contributed by atoms with Gasteiger partial charge < -0.3 is 11.1 Å². The van der Waals surface area contributed by atoms with Gasteiger partial charge in [-0.2, -0.15) is 0 Å². The average Bonchev–Trinajstić information content (AvgIpc) is 2.64. The summed E-state index contributed by atoms with van der Waals surface area (Å²) in [5.41, 5.74) is 6.84. The Morgan fingerprint density at radius 1 is 1.47 bits per heavy atom. The fourth-order valence-corrected chi connectivity index (χ4v) is 2.75. The highest BCUT2D eigenvalue weighted by atomic mass is 19.1. The Morgan fingerprint density at radius 3 is 2.68 bits per heavy atom. The molecule has 1 amide bonds. The summed E-state index contributed by atoms with van der Waals surface area (Å²) in [5.74, 6) is -0.998. The number of carbonyl (C=O) groups is 1. The molecule has 1 aromatic carbocycles. The van der Waals surface area contributed by atoms with E-state index >= 15 is 0 Å². The van der Waals surface area contributed by atoms with Gasteiger partial charge in [0.25, 0.3) is 0 Å². The van der Waals surface area contributed by atoms with Crippen molar-refractivity contribution in [3.05, 3.63) is 29.1 Å². The van der Waals surface area contributed by atoms with Crippen LogP contribution in [0, 0.1) is 18.2 Å². The average molecular weight is 264 g/mol. The van der Waals surface area contributed by atoms with E-state index in [1.807, 2.05) is 0 Å². The lowest BCUT2D eigenvalue weighted by Crippen LogP contribution is -2.31. The van der Waals surface area contributed by atoms with Crippen LogP contribution in [0.3, 0.4) is 0 Å². The molecule has 0 heterocycles. The maximum Gasteiger partial charge on any atom is 0.248 e. The van der Waals surface area contributed by atoms with Crippen molar-refractivity contribution in [2.24, 2.45) is 11.1 Å². The number of nitrogens with two attached hydrogens (primary N) is 1. The van der Waals surface area contributed by atoms with E-state index in [1.165, 1.54) is 12.5 Å². The molecule has 0 aliphatic heterocycles. The Kier molecular flexibility index (Phi) is 3.52. The SMILES string of the molecule is Cc1c(F)cc(C(N)=O)cc1NC1CCCC1(C)C. The molecule has 19 heavy (non-hydrogen) atoms. The van der Waals surface area contributed by atoms with E-state index in [9.17, 15) is 9.18 Å². The number of carbonyl (C=O) groups excluding carboxylic acids is 1. The molecule has 0 bridgehead atoms. The monoisotopic (exact) mass is 264 g/mol. The van der Waals surface area contributed by atoms with Gasteiger partial charge >= 0.3 is 0 Å². The Hall–Kier alpha value is -1.58. The summed E-state index contributed by atoms with van der Waals surface area (Å²) in [7, 11) is 0. The van der Waals surface area contributed by atoms with Gasteiger partial charge in [0.2, 0.25) is 5.91 Å². The van der Waals surface area contributed by atoms with Crippen LogP contribution in [0.25, 0.3) is 0 Å². The topological polar surface area (TPSA) is 55.1 Å². The number of benzene rings is 1. The first-order valence-corrected chi connectivity index (χ1v) is 6.68. The predicted molar refractivity (Wildman–Crippen MR) is 74.7 cm³/mol.